The lowest BCUT2D eigenvalue weighted by Crippen LogP contribution is -2.34. The molecule has 0 heterocycles. The first-order valence-corrected chi connectivity index (χ1v) is 7.77. The number of hydrogen-bond acceptors (Lipinski definition) is 5. The zero-order valence-electron chi connectivity index (χ0n) is 14.2. The van der Waals surface area contributed by atoms with E-state index in [1.54, 1.807) is 0 Å². The van der Waals surface area contributed by atoms with Crippen LogP contribution in [0.3, 0.4) is 0 Å². The van der Waals surface area contributed by atoms with Gasteiger partial charge in [0.1, 0.15) is 18.0 Å². The van der Waals surface area contributed by atoms with E-state index in [-0.39, 0.29) is 0 Å². The van der Waals surface area contributed by atoms with Gasteiger partial charge in [-0.25, -0.2) is 4.79 Å². The summed E-state index contributed by atoms with van der Waals surface area (Å²) in [5.74, 6) is 0.834. The van der Waals surface area contributed by atoms with Crippen LogP contribution in [0.15, 0.2) is 30.3 Å². The fourth-order valence-electron chi connectivity index (χ4n) is 1.60. The van der Waals surface area contributed by atoms with Crippen molar-refractivity contribution in [3.63, 3.8) is 0 Å². The monoisotopic (exact) mass is 325 g/mol. The van der Waals surface area contributed by atoms with Gasteiger partial charge in [0.25, 0.3) is 0 Å². The Morgan fingerprint density at radius 3 is 2.22 bits per heavy atom. The molecule has 1 rings (SSSR count). The largest absolute Gasteiger partial charge is 0.491 e. The van der Waals surface area contributed by atoms with Crippen LogP contribution in [-0.2, 0) is 14.2 Å². The summed E-state index contributed by atoms with van der Waals surface area (Å²) in [5, 5.41) is 2.62. The van der Waals surface area contributed by atoms with Crippen LogP contribution in [0.25, 0.3) is 0 Å². The molecular weight excluding hydrogens is 298 g/mol. The van der Waals surface area contributed by atoms with Gasteiger partial charge in [-0.2, -0.15) is 0 Å². The van der Waals surface area contributed by atoms with Crippen molar-refractivity contribution in [1.82, 2.24) is 5.32 Å². The van der Waals surface area contributed by atoms with Crippen molar-refractivity contribution >= 4 is 6.09 Å². The molecule has 6 nitrogen and oxygen atoms in total. The van der Waals surface area contributed by atoms with Crippen molar-refractivity contribution in [2.24, 2.45) is 0 Å². The molecule has 0 saturated heterocycles. The number of para-hydroxylation sites is 1. The van der Waals surface area contributed by atoms with Crippen molar-refractivity contribution < 1.29 is 23.7 Å². The first-order chi connectivity index (χ1) is 11.0. The quantitative estimate of drug-likeness (QED) is 0.670. The molecular formula is C17H27NO5. The second-order valence-corrected chi connectivity index (χ2v) is 5.81. The third kappa shape index (κ3) is 11.4. The van der Waals surface area contributed by atoms with Crippen LogP contribution in [0, 0.1) is 0 Å². The number of hydrogen-bond donors (Lipinski definition) is 1. The Bertz CT molecular complexity index is 430. The molecule has 0 bridgehead atoms. The van der Waals surface area contributed by atoms with E-state index in [0.29, 0.717) is 39.6 Å². The van der Waals surface area contributed by atoms with Crippen LogP contribution >= 0.6 is 0 Å². The zero-order chi connectivity index (χ0) is 17.0. The lowest BCUT2D eigenvalue weighted by molar-refractivity contribution is 0.0328. The molecule has 0 aliphatic heterocycles. The highest BCUT2D eigenvalue weighted by atomic mass is 16.6. The summed E-state index contributed by atoms with van der Waals surface area (Å²) in [4.78, 5) is 11.4. The van der Waals surface area contributed by atoms with Crippen LogP contribution in [0.4, 0.5) is 4.79 Å². The Labute approximate surface area is 138 Å². The van der Waals surface area contributed by atoms with E-state index in [2.05, 4.69) is 5.32 Å². The molecule has 0 aliphatic rings. The van der Waals surface area contributed by atoms with Gasteiger partial charge in [0.2, 0.25) is 0 Å². The molecule has 1 aromatic carbocycles. The molecule has 0 aliphatic carbocycles. The maximum Gasteiger partial charge on any atom is 0.407 e. The minimum absolute atomic E-state index is 0.409. The van der Waals surface area contributed by atoms with Gasteiger partial charge in [0.15, 0.2) is 0 Å². The lowest BCUT2D eigenvalue weighted by Gasteiger charge is -2.19. The van der Waals surface area contributed by atoms with Crippen molar-refractivity contribution in [2.45, 2.75) is 26.4 Å². The van der Waals surface area contributed by atoms with Crippen molar-refractivity contribution in [2.75, 3.05) is 39.6 Å². The summed E-state index contributed by atoms with van der Waals surface area (Å²) in [6.45, 7) is 8.27. The Kier molecular flexibility index (Phi) is 9.09. The first kappa shape index (κ1) is 19.3. The maximum absolute atomic E-state index is 11.4. The number of carbonyl (C=O) groups is 1. The van der Waals surface area contributed by atoms with E-state index >= 15 is 0 Å². The molecule has 130 valence electrons. The smallest absolute Gasteiger partial charge is 0.407 e. The Morgan fingerprint density at radius 2 is 1.57 bits per heavy atom. The van der Waals surface area contributed by atoms with Crippen molar-refractivity contribution in [1.29, 1.82) is 0 Å². The molecule has 6 heteroatoms. The Hall–Kier alpha value is -1.79. The van der Waals surface area contributed by atoms with Gasteiger partial charge in [-0.1, -0.05) is 18.2 Å². The summed E-state index contributed by atoms with van der Waals surface area (Å²) in [7, 11) is 0. The number of carbonyl (C=O) groups excluding carboxylic acids is 1. The number of amides is 1. The first-order valence-electron chi connectivity index (χ1n) is 7.77. The van der Waals surface area contributed by atoms with Gasteiger partial charge in [0, 0.05) is 6.54 Å². The summed E-state index contributed by atoms with van der Waals surface area (Å²) in [5.41, 5.74) is -0.486. The van der Waals surface area contributed by atoms with E-state index in [9.17, 15) is 4.79 Å². The van der Waals surface area contributed by atoms with Gasteiger partial charge in [-0.05, 0) is 32.9 Å². The van der Waals surface area contributed by atoms with Gasteiger partial charge in [-0.15, -0.1) is 0 Å². The number of alkyl carbamates (subject to hydrolysis) is 1. The third-order valence-electron chi connectivity index (χ3n) is 2.53. The molecule has 0 saturated carbocycles. The molecule has 1 N–H and O–H groups in total. The average Bonchev–Trinajstić information content (AvgIpc) is 2.48. The SMILES string of the molecule is CC(C)(C)OC(=O)NCCOCCOCCOc1ccccc1. The topological polar surface area (TPSA) is 66.0 Å². The van der Waals surface area contributed by atoms with E-state index in [1.807, 2.05) is 51.1 Å². The van der Waals surface area contributed by atoms with Gasteiger partial charge in [-0.3, -0.25) is 0 Å². The molecule has 1 aromatic rings. The second-order valence-electron chi connectivity index (χ2n) is 5.81. The molecule has 23 heavy (non-hydrogen) atoms. The number of rotatable bonds is 10. The molecule has 0 aromatic heterocycles. The number of benzene rings is 1. The number of ether oxygens (including phenoxy) is 4. The summed E-state index contributed by atoms with van der Waals surface area (Å²) in [6.07, 6.45) is -0.435. The van der Waals surface area contributed by atoms with Crippen LogP contribution in [0.5, 0.6) is 5.75 Å². The normalized spacial score (nSPS) is 11.1. The highest BCUT2D eigenvalue weighted by Crippen LogP contribution is 2.07. The summed E-state index contributed by atoms with van der Waals surface area (Å²) < 4.78 is 21.3. The fraction of sp³-hybridized carbons (Fsp3) is 0.588. The van der Waals surface area contributed by atoms with Crippen molar-refractivity contribution in [3.8, 4) is 5.75 Å². The average molecular weight is 325 g/mol. The maximum atomic E-state index is 11.4. The van der Waals surface area contributed by atoms with E-state index < -0.39 is 11.7 Å². The molecule has 0 atom stereocenters. The zero-order valence-corrected chi connectivity index (χ0v) is 14.2. The van der Waals surface area contributed by atoms with E-state index in [1.165, 1.54) is 0 Å². The standard InChI is InChI=1S/C17H27NO5/c1-17(2,3)23-16(19)18-9-10-20-11-12-21-13-14-22-15-7-5-4-6-8-15/h4-8H,9-14H2,1-3H3,(H,18,19). The third-order valence-corrected chi connectivity index (χ3v) is 2.53. The van der Waals surface area contributed by atoms with Crippen molar-refractivity contribution in [3.05, 3.63) is 30.3 Å². The molecule has 0 fully saturated rings. The predicted molar refractivity (Wildman–Crippen MR) is 87.8 cm³/mol. The van der Waals surface area contributed by atoms with E-state index in [0.717, 1.165) is 5.75 Å². The number of nitrogens with one attached hydrogen (secondary N) is 1. The Morgan fingerprint density at radius 1 is 0.957 bits per heavy atom. The van der Waals surface area contributed by atoms with Crippen LogP contribution in [-0.4, -0.2) is 51.3 Å². The van der Waals surface area contributed by atoms with E-state index in [4.69, 9.17) is 18.9 Å². The Balaban J connectivity index is 1.86. The minimum atomic E-state index is -0.486. The molecule has 0 radical (unpaired) electrons. The fourth-order valence-corrected chi connectivity index (χ4v) is 1.60. The highest BCUT2D eigenvalue weighted by Gasteiger charge is 2.15. The van der Waals surface area contributed by atoms with Gasteiger partial charge < -0.3 is 24.3 Å². The lowest BCUT2D eigenvalue weighted by atomic mass is 10.2. The minimum Gasteiger partial charge on any atom is -0.491 e. The summed E-state index contributed by atoms with van der Waals surface area (Å²) >= 11 is 0. The van der Waals surface area contributed by atoms with Crippen LogP contribution in [0.1, 0.15) is 20.8 Å². The molecule has 0 spiro atoms. The molecule has 0 unspecified atom stereocenters. The second kappa shape index (κ2) is 10.9. The van der Waals surface area contributed by atoms with Gasteiger partial charge >= 0.3 is 6.09 Å². The van der Waals surface area contributed by atoms with Crippen LogP contribution < -0.4 is 10.1 Å². The summed E-state index contributed by atoms with van der Waals surface area (Å²) in [6, 6.07) is 9.60. The van der Waals surface area contributed by atoms with Crippen LogP contribution in [0.2, 0.25) is 0 Å². The van der Waals surface area contributed by atoms with Gasteiger partial charge in [0.05, 0.1) is 26.4 Å². The predicted octanol–water partition coefficient (Wildman–Crippen LogP) is 2.62. The highest BCUT2D eigenvalue weighted by molar-refractivity contribution is 5.67. The molecule has 1 amide bonds.